The van der Waals surface area contributed by atoms with Gasteiger partial charge in [0.05, 0.1) is 0 Å². The van der Waals surface area contributed by atoms with E-state index in [0.29, 0.717) is 11.6 Å². The third kappa shape index (κ3) is 2.27. The van der Waals surface area contributed by atoms with Crippen molar-refractivity contribution in [3.05, 3.63) is 24.2 Å². The summed E-state index contributed by atoms with van der Waals surface area (Å²) in [5.74, 6) is 1.22. The van der Waals surface area contributed by atoms with Gasteiger partial charge in [-0.2, -0.15) is 0 Å². The van der Waals surface area contributed by atoms with E-state index >= 15 is 0 Å². The molecule has 0 fully saturated rings. The number of fused-ring (bicyclic) bond motifs is 1. The van der Waals surface area contributed by atoms with Gasteiger partial charge in [-0.1, -0.05) is 13.8 Å². The van der Waals surface area contributed by atoms with E-state index in [1.54, 1.807) is 20.2 Å². The van der Waals surface area contributed by atoms with Crippen molar-refractivity contribution in [2.24, 2.45) is 0 Å². The minimum absolute atomic E-state index is 0.164. The van der Waals surface area contributed by atoms with Gasteiger partial charge in [0.1, 0.15) is 5.82 Å². The van der Waals surface area contributed by atoms with Gasteiger partial charge in [-0.15, -0.1) is 10.2 Å². The zero-order valence-corrected chi connectivity index (χ0v) is 11.0. The highest BCUT2D eigenvalue weighted by Crippen LogP contribution is 2.16. The summed E-state index contributed by atoms with van der Waals surface area (Å²) in [5.41, 5.74) is 1.44. The molecule has 0 aliphatic heterocycles. The normalized spacial score (nSPS) is 10.9. The Hall–Kier alpha value is -2.11. The Morgan fingerprint density at radius 2 is 2.11 bits per heavy atom. The van der Waals surface area contributed by atoms with Gasteiger partial charge in [-0.25, -0.2) is 4.79 Å². The van der Waals surface area contributed by atoms with Gasteiger partial charge in [0.2, 0.25) is 0 Å². The molecular weight excluding hydrogens is 230 g/mol. The summed E-state index contributed by atoms with van der Waals surface area (Å²) in [4.78, 5) is 13.0. The number of carbonyl (C=O) groups excluding carboxylic acids is 1. The van der Waals surface area contributed by atoms with Crippen molar-refractivity contribution in [1.82, 2.24) is 19.5 Å². The summed E-state index contributed by atoms with van der Waals surface area (Å²) in [6.45, 7) is 4.14. The first-order valence-electron chi connectivity index (χ1n) is 5.82. The molecule has 2 rings (SSSR count). The number of carbonyl (C=O) groups is 1. The number of hydrogen-bond donors (Lipinski definition) is 1. The van der Waals surface area contributed by atoms with Crippen LogP contribution in [0.2, 0.25) is 0 Å². The van der Waals surface area contributed by atoms with Crippen LogP contribution in [0.1, 0.15) is 25.6 Å². The molecule has 0 aliphatic rings. The average molecular weight is 247 g/mol. The standard InChI is InChI=1S/C12H17N5O/c1-8(2)11-15-14-10-7-9(5-6-17(10)11)13-12(18)16(3)4/h5-8H,1-4H3,(H,13,18). The fourth-order valence-electron chi connectivity index (χ4n) is 1.62. The Morgan fingerprint density at radius 1 is 1.39 bits per heavy atom. The fourth-order valence-corrected chi connectivity index (χ4v) is 1.62. The van der Waals surface area contributed by atoms with Crippen molar-refractivity contribution in [3.8, 4) is 0 Å². The lowest BCUT2D eigenvalue weighted by atomic mass is 10.2. The number of aromatic nitrogens is 3. The Morgan fingerprint density at radius 3 is 2.72 bits per heavy atom. The highest BCUT2D eigenvalue weighted by molar-refractivity contribution is 5.89. The summed E-state index contributed by atoms with van der Waals surface area (Å²) in [5, 5.41) is 11.0. The Balaban J connectivity index is 2.32. The number of rotatable bonds is 2. The zero-order chi connectivity index (χ0) is 13.3. The molecule has 0 saturated heterocycles. The Labute approximate surface area is 106 Å². The second-order valence-electron chi connectivity index (χ2n) is 4.68. The lowest BCUT2D eigenvalue weighted by Gasteiger charge is -2.12. The molecule has 0 saturated carbocycles. The number of pyridine rings is 1. The van der Waals surface area contributed by atoms with E-state index in [2.05, 4.69) is 29.4 Å². The van der Waals surface area contributed by atoms with Gasteiger partial charge in [-0.05, 0) is 6.07 Å². The molecule has 1 N–H and O–H groups in total. The third-order valence-corrected chi connectivity index (χ3v) is 2.61. The van der Waals surface area contributed by atoms with Crippen molar-refractivity contribution in [2.75, 3.05) is 19.4 Å². The van der Waals surface area contributed by atoms with Gasteiger partial charge in [0.25, 0.3) is 0 Å². The van der Waals surface area contributed by atoms with Gasteiger partial charge in [0.15, 0.2) is 5.65 Å². The summed E-state index contributed by atoms with van der Waals surface area (Å²) < 4.78 is 1.93. The Bertz CT molecular complexity index is 573. The first kappa shape index (κ1) is 12.3. The minimum atomic E-state index is -0.164. The maximum atomic E-state index is 11.5. The molecule has 0 bridgehead atoms. The molecule has 0 aromatic carbocycles. The molecule has 2 heterocycles. The first-order chi connectivity index (χ1) is 8.49. The molecule has 2 aromatic rings. The SMILES string of the molecule is CC(C)c1nnc2cc(NC(=O)N(C)C)ccn12. The van der Waals surface area contributed by atoms with Crippen molar-refractivity contribution < 1.29 is 4.79 Å². The average Bonchev–Trinajstić information content (AvgIpc) is 2.71. The van der Waals surface area contributed by atoms with Gasteiger partial charge < -0.3 is 10.2 Å². The first-order valence-corrected chi connectivity index (χ1v) is 5.82. The number of hydrogen-bond acceptors (Lipinski definition) is 3. The van der Waals surface area contributed by atoms with Crippen LogP contribution < -0.4 is 5.32 Å². The second kappa shape index (κ2) is 4.64. The highest BCUT2D eigenvalue weighted by Gasteiger charge is 2.10. The predicted octanol–water partition coefficient (Wildman–Crippen LogP) is 1.95. The van der Waals surface area contributed by atoms with E-state index < -0.39 is 0 Å². The lowest BCUT2D eigenvalue weighted by molar-refractivity contribution is 0.230. The highest BCUT2D eigenvalue weighted by atomic mass is 16.2. The summed E-state index contributed by atoms with van der Waals surface area (Å²) in [7, 11) is 3.39. The number of anilines is 1. The fraction of sp³-hybridized carbons (Fsp3) is 0.417. The Kier molecular flexibility index (Phi) is 3.18. The van der Waals surface area contributed by atoms with E-state index in [0.717, 1.165) is 11.5 Å². The second-order valence-corrected chi connectivity index (χ2v) is 4.68. The number of nitrogens with zero attached hydrogens (tertiary/aromatic N) is 4. The lowest BCUT2D eigenvalue weighted by Crippen LogP contribution is -2.27. The number of urea groups is 1. The van der Waals surface area contributed by atoms with Gasteiger partial charge in [0, 0.05) is 38.0 Å². The van der Waals surface area contributed by atoms with Gasteiger partial charge in [-0.3, -0.25) is 4.40 Å². The molecule has 0 aliphatic carbocycles. The van der Waals surface area contributed by atoms with Gasteiger partial charge >= 0.3 is 6.03 Å². The molecule has 18 heavy (non-hydrogen) atoms. The van der Waals surface area contributed by atoms with Crippen LogP contribution in [0.3, 0.4) is 0 Å². The van der Waals surface area contributed by atoms with Crippen LogP contribution >= 0.6 is 0 Å². The van der Waals surface area contributed by atoms with E-state index in [4.69, 9.17) is 0 Å². The van der Waals surface area contributed by atoms with Crippen molar-refractivity contribution in [1.29, 1.82) is 0 Å². The van der Waals surface area contributed by atoms with Crippen LogP contribution in [0.15, 0.2) is 18.3 Å². The molecule has 0 spiro atoms. The third-order valence-electron chi connectivity index (χ3n) is 2.61. The smallest absolute Gasteiger partial charge is 0.321 e. The van der Waals surface area contributed by atoms with Crippen LogP contribution in [0.25, 0.3) is 5.65 Å². The molecule has 2 amide bonds. The monoisotopic (exact) mass is 247 g/mol. The van der Waals surface area contributed by atoms with E-state index in [1.165, 1.54) is 4.90 Å². The van der Waals surface area contributed by atoms with Crippen molar-refractivity contribution in [2.45, 2.75) is 19.8 Å². The largest absolute Gasteiger partial charge is 0.331 e. The number of amides is 2. The predicted molar refractivity (Wildman–Crippen MR) is 69.8 cm³/mol. The maximum absolute atomic E-state index is 11.5. The van der Waals surface area contributed by atoms with E-state index in [1.807, 2.05) is 16.7 Å². The molecule has 0 unspecified atom stereocenters. The van der Waals surface area contributed by atoms with Crippen LogP contribution in [0.4, 0.5) is 10.5 Å². The maximum Gasteiger partial charge on any atom is 0.321 e. The topological polar surface area (TPSA) is 62.5 Å². The van der Waals surface area contributed by atoms with Crippen LogP contribution in [0.5, 0.6) is 0 Å². The summed E-state index contributed by atoms with van der Waals surface area (Å²) in [6.07, 6.45) is 1.87. The molecule has 6 nitrogen and oxygen atoms in total. The summed E-state index contributed by atoms with van der Waals surface area (Å²) in [6, 6.07) is 3.48. The summed E-state index contributed by atoms with van der Waals surface area (Å²) >= 11 is 0. The zero-order valence-electron chi connectivity index (χ0n) is 11.0. The minimum Gasteiger partial charge on any atom is -0.331 e. The molecule has 96 valence electrons. The van der Waals surface area contributed by atoms with E-state index in [9.17, 15) is 4.79 Å². The molecule has 6 heteroatoms. The quantitative estimate of drug-likeness (QED) is 0.882. The van der Waals surface area contributed by atoms with Crippen molar-refractivity contribution in [3.63, 3.8) is 0 Å². The molecule has 0 atom stereocenters. The number of nitrogens with one attached hydrogen (secondary N) is 1. The van der Waals surface area contributed by atoms with E-state index in [-0.39, 0.29) is 6.03 Å². The van der Waals surface area contributed by atoms with Crippen molar-refractivity contribution >= 4 is 17.4 Å². The van der Waals surface area contributed by atoms with Crippen LogP contribution in [-0.2, 0) is 0 Å². The molecule has 0 radical (unpaired) electrons. The molecule has 2 aromatic heterocycles. The van der Waals surface area contributed by atoms with Crippen LogP contribution in [0, 0.1) is 0 Å². The van der Waals surface area contributed by atoms with Crippen LogP contribution in [-0.4, -0.2) is 39.6 Å². The molecular formula is C12H17N5O.